The van der Waals surface area contributed by atoms with E-state index in [4.69, 9.17) is 4.74 Å². The van der Waals surface area contributed by atoms with Crippen LogP contribution in [0, 0.1) is 0 Å². The van der Waals surface area contributed by atoms with Crippen molar-refractivity contribution in [2.75, 3.05) is 20.2 Å². The van der Waals surface area contributed by atoms with Crippen LogP contribution in [0.25, 0.3) is 0 Å². The Kier molecular flexibility index (Phi) is 4.30. The lowest BCUT2D eigenvalue weighted by Gasteiger charge is -2.39. The van der Waals surface area contributed by atoms with E-state index in [1.807, 2.05) is 12.1 Å². The van der Waals surface area contributed by atoms with Crippen molar-refractivity contribution in [2.24, 2.45) is 0 Å². The van der Waals surface area contributed by atoms with Gasteiger partial charge in [0.2, 0.25) is 0 Å². The SMILES string of the molecule is COC1(C)CCCN(Cc2cc(O)ccc2Br)C1. The van der Waals surface area contributed by atoms with Crippen molar-refractivity contribution in [1.29, 1.82) is 0 Å². The lowest BCUT2D eigenvalue weighted by atomic mass is 9.94. The van der Waals surface area contributed by atoms with E-state index < -0.39 is 0 Å². The molecule has 1 aliphatic rings. The van der Waals surface area contributed by atoms with Crippen LogP contribution in [0.1, 0.15) is 25.3 Å². The molecule has 3 nitrogen and oxygen atoms in total. The number of halogens is 1. The Morgan fingerprint density at radius 1 is 1.50 bits per heavy atom. The monoisotopic (exact) mass is 313 g/mol. The van der Waals surface area contributed by atoms with Crippen LogP contribution in [0.15, 0.2) is 22.7 Å². The number of ether oxygens (including phenoxy) is 1. The van der Waals surface area contributed by atoms with Crippen molar-refractivity contribution in [3.63, 3.8) is 0 Å². The number of rotatable bonds is 3. The number of benzene rings is 1. The number of phenols is 1. The molecule has 18 heavy (non-hydrogen) atoms. The first-order valence-corrected chi connectivity index (χ1v) is 7.07. The van der Waals surface area contributed by atoms with Crippen molar-refractivity contribution in [3.05, 3.63) is 28.2 Å². The number of hydrogen-bond acceptors (Lipinski definition) is 3. The Labute approximate surface area is 117 Å². The van der Waals surface area contributed by atoms with Gasteiger partial charge in [0.15, 0.2) is 0 Å². The number of methoxy groups -OCH3 is 1. The zero-order valence-electron chi connectivity index (χ0n) is 10.9. The van der Waals surface area contributed by atoms with E-state index in [-0.39, 0.29) is 5.60 Å². The minimum absolute atomic E-state index is 0.0401. The van der Waals surface area contributed by atoms with Gasteiger partial charge in [-0.05, 0) is 50.1 Å². The molecule has 1 fully saturated rings. The molecule has 1 heterocycles. The highest BCUT2D eigenvalue weighted by Gasteiger charge is 2.30. The maximum absolute atomic E-state index is 9.55. The van der Waals surface area contributed by atoms with Crippen LogP contribution in [-0.4, -0.2) is 35.8 Å². The minimum Gasteiger partial charge on any atom is -0.508 e. The quantitative estimate of drug-likeness (QED) is 0.930. The fraction of sp³-hybridized carbons (Fsp3) is 0.571. The standard InChI is InChI=1S/C14H20BrNO2/c1-14(18-2)6-3-7-16(10-14)9-11-8-12(17)4-5-13(11)15/h4-5,8,17H,3,6-7,9-10H2,1-2H3. The maximum atomic E-state index is 9.55. The highest BCUT2D eigenvalue weighted by atomic mass is 79.9. The zero-order chi connectivity index (χ0) is 13.2. The second-order valence-electron chi connectivity index (χ2n) is 5.24. The second kappa shape index (κ2) is 5.59. The molecule has 0 bridgehead atoms. The van der Waals surface area contributed by atoms with Gasteiger partial charge in [-0.1, -0.05) is 15.9 Å². The van der Waals surface area contributed by atoms with E-state index in [9.17, 15) is 5.11 Å². The molecule has 1 aromatic carbocycles. The third-order valence-electron chi connectivity index (χ3n) is 3.65. The van der Waals surface area contributed by atoms with Crippen LogP contribution in [-0.2, 0) is 11.3 Å². The molecule has 1 atom stereocenters. The summed E-state index contributed by atoms with van der Waals surface area (Å²) < 4.78 is 6.64. The van der Waals surface area contributed by atoms with E-state index in [1.54, 1.807) is 13.2 Å². The van der Waals surface area contributed by atoms with Gasteiger partial charge < -0.3 is 9.84 Å². The predicted octanol–water partition coefficient (Wildman–Crippen LogP) is 3.16. The molecule has 100 valence electrons. The van der Waals surface area contributed by atoms with Gasteiger partial charge >= 0.3 is 0 Å². The van der Waals surface area contributed by atoms with Crippen LogP contribution in [0.3, 0.4) is 0 Å². The molecule has 1 N–H and O–H groups in total. The summed E-state index contributed by atoms with van der Waals surface area (Å²) in [7, 11) is 1.79. The molecule has 4 heteroatoms. The van der Waals surface area contributed by atoms with Crippen LogP contribution in [0.2, 0.25) is 0 Å². The topological polar surface area (TPSA) is 32.7 Å². The average molecular weight is 314 g/mol. The van der Waals surface area contributed by atoms with Crippen molar-refractivity contribution in [2.45, 2.75) is 31.9 Å². The molecule has 1 unspecified atom stereocenters. The Balaban J connectivity index is 2.07. The molecule has 1 aliphatic heterocycles. The summed E-state index contributed by atoms with van der Waals surface area (Å²) in [5, 5.41) is 9.55. The van der Waals surface area contributed by atoms with E-state index >= 15 is 0 Å². The lowest BCUT2D eigenvalue weighted by Crippen LogP contribution is -2.46. The van der Waals surface area contributed by atoms with Crippen molar-refractivity contribution in [3.8, 4) is 5.75 Å². The molecule has 0 saturated carbocycles. The molecule has 0 amide bonds. The zero-order valence-corrected chi connectivity index (χ0v) is 12.5. The summed E-state index contributed by atoms with van der Waals surface area (Å²) in [6.45, 7) is 5.03. The van der Waals surface area contributed by atoms with Crippen molar-refractivity contribution < 1.29 is 9.84 Å². The van der Waals surface area contributed by atoms with Crippen LogP contribution in [0.4, 0.5) is 0 Å². The maximum Gasteiger partial charge on any atom is 0.115 e. The molecule has 0 aliphatic carbocycles. The highest BCUT2D eigenvalue weighted by molar-refractivity contribution is 9.10. The van der Waals surface area contributed by atoms with Gasteiger partial charge in [-0.2, -0.15) is 0 Å². The van der Waals surface area contributed by atoms with Crippen LogP contribution >= 0.6 is 15.9 Å². The first kappa shape index (κ1) is 13.8. The first-order chi connectivity index (χ1) is 8.52. The number of piperidine rings is 1. The smallest absolute Gasteiger partial charge is 0.115 e. The molecule has 2 rings (SSSR count). The van der Waals surface area contributed by atoms with Gasteiger partial charge in [0.05, 0.1) is 5.60 Å². The van der Waals surface area contributed by atoms with E-state index in [0.29, 0.717) is 5.75 Å². The fourth-order valence-corrected chi connectivity index (χ4v) is 2.90. The third kappa shape index (κ3) is 3.25. The summed E-state index contributed by atoms with van der Waals surface area (Å²) in [6, 6.07) is 5.41. The Hall–Kier alpha value is -0.580. The van der Waals surface area contributed by atoms with Gasteiger partial charge in [-0.25, -0.2) is 0 Å². The number of hydrogen-bond donors (Lipinski definition) is 1. The van der Waals surface area contributed by atoms with Crippen molar-refractivity contribution >= 4 is 15.9 Å². The third-order valence-corrected chi connectivity index (χ3v) is 4.43. The molecule has 0 spiro atoms. The largest absolute Gasteiger partial charge is 0.508 e. The Morgan fingerprint density at radius 2 is 2.28 bits per heavy atom. The van der Waals surface area contributed by atoms with Crippen LogP contribution in [0.5, 0.6) is 5.75 Å². The van der Waals surface area contributed by atoms with Gasteiger partial charge in [0, 0.05) is 24.7 Å². The normalized spacial score (nSPS) is 25.3. The highest BCUT2D eigenvalue weighted by Crippen LogP contribution is 2.28. The van der Waals surface area contributed by atoms with Gasteiger partial charge in [0.25, 0.3) is 0 Å². The number of nitrogens with zero attached hydrogens (tertiary/aromatic N) is 1. The predicted molar refractivity (Wildman–Crippen MR) is 75.7 cm³/mol. The van der Waals surface area contributed by atoms with Gasteiger partial charge in [0.1, 0.15) is 5.75 Å². The minimum atomic E-state index is -0.0401. The molecule has 0 radical (unpaired) electrons. The van der Waals surface area contributed by atoms with Gasteiger partial charge in [-0.15, -0.1) is 0 Å². The summed E-state index contributed by atoms with van der Waals surface area (Å²) in [5.74, 6) is 0.319. The summed E-state index contributed by atoms with van der Waals surface area (Å²) >= 11 is 3.53. The first-order valence-electron chi connectivity index (χ1n) is 6.27. The van der Waals surface area contributed by atoms with Gasteiger partial charge in [-0.3, -0.25) is 4.90 Å². The Bertz CT molecular complexity index is 424. The summed E-state index contributed by atoms with van der Waals surface area (Å²) in [5.41, 5.74) is 1.08. The summed E-state index contributed by atoms with van der Waals surface area (Å²) in [6.07, 6.45) is 2.27. The lowest BCUT2D eigenvalue weighted by molar-refractivity contribution is -0.0527. The molecule has 1 aromatic rings. The second-order valence-corrected chi connectivity index (χ2v) is 6.10. The van der Waals surface area contributed by atoms with E-state index in [0.717, 1.165) is 42.5 Å². The summed E-state index contributed by atoms with van der Waals surface area (Å²) in [4.78, 5) is 2.38. The van der Waals surface area contributed by atoms with E-state index in [1.165, 1.54) is 0 Å². The number of phenolic OH excluding ortho intramolecular Hbond substituents is 1. The Morgan fingerprint density at radius 3 is 3.00 bits per heavy atom. The van der Waals surface area contributed by atoms with E-state index in [2.05, 4.69) is 27.8 Å². The molecule has 0 aromatic heterocycles. The molecular formula is C14H20BrNO2. The van der Waals surface area contributed by atoms with Crippen LogP contribution < -0.4 is 0 Å². The fourth-order valence-electron chi connectivity index (χ4n) is 2.53. The number of aromatic hydroxyl groups is 1. The average Bonchev–Trinajstić information content (AvgIpc) is 2.34. The molecule has 1 saturated heterocycles. The number of likely N-dealkylation sites (tertiary alicyclic amines) is 1. The molecular weight excluding hydrogens is 294 g/mol. The van der Waals surface area contributed by atoms with Crippen molar-refractivity contribution in [1.82, 2.24) is 4.90 Å².